The number of hydrogen-bond donors (Lipinski definition) is 3. The van der Waals surface area contributed by atoms with E-state index in [0.717, 1.165) is 0 Å². The van der Waals surface area contributed by atoms with Gasteiger partial charge in [-0.05, 0) is 17.7 Å². The summed E-state index contributed by atoms with van der Waals surface area (Å²) in [4.78, 5) is 19.4. The molecule has 0 aliphatic rings. The topological polar surface area (TPSA) is 121 Å². The molecule has 0 aliphatic heterocycles. The quantitative estimate of drug-likeness (QED) is 0.539. The number of aliphatic carboxylic acids is 1. The molecule has 0 fully saturated rings. The number of nitro benzene ring substituents is 1. The van der Waals surface area contributed by atoms with Gasteiger partial charge in [-0.15, -0.1) is 0 Å². The van der Waals surface area contributed by atoms with Crippen LogP contribution in [-0.2, 0) is 4.79 Å². The van der Waals surface area contributed by atoms with Crippen LogP contribution in [0.15, 0.2) is 12.1 Å². The monoisotopic (exact) mass is 277 g/mol. The molecule has 19 heavy (non-hydrogen) atoms. The molecule has 0 saturated heterocycles. The Hall–Kier alpha value is -2.13. The van der Waals surface area contributed by atoms with E-state index in [0.29, 0.717) is 12.1 Å². The van der Waals surface area contributed by atoms with E-state index in [4.69, 9.17) is 5.11 Å². The lowest BCUT2D eigenvalue weighted by Gasteiger charge is -2.16. The molecule has 0 aromatic heterocycles. The van der Waals surface area contributed by atoms with E-state index in [9.17, 15) is 33.9 Å². The van der Waals surface area contributed by atoms with Crippen molar-refractivity contribution >= 4 is 11.7 Å². The summed E-state index contributed by atoms with van der Waals surface area (Å²) in [5.74, 6) is -4.47. The molecule has 0 spiro atoms. The third-order valence-electron chi connectivity index (χ3n) is 2.31. The fourth-order valence-corrected chi connectivity index (χ4v) is 1.44. The van der Waals surface area contributed by atoms with Crippen LogP contribution in [0.4, 0.5) is 14.5 Å². The lowest BCUT2D eigenvalue weighted by molar-refractivity contribution is -0.390. The van der Waals surface area contributed by atoms with Crippen molar-refractivity contribution in [2.24, 2.45) is 0 Å². The van der Waals surface area contributed by atoms with Gasteiger partial charge in [0.15, 0.2) is 0 Å². The Bertz CT molecular complexity index is 498. The van der Waals surface area contributed by atoms with Gasteiger partial charge in [0, 0.05) is 0 Å². The van der Waals surface area contributed by atoms with Crippen LogP contribution in [0.1, 0.15) is 18.1 Å². The fourth-order valence-electron chi connectivity index (χ4n) is 1.44. The summed E-state index contributed by atoms with van der Waals surface area (Å²) in [5, 5.41) is 37.5. The molecule has 1 aromatic rings. The van der Waals surface area contributed by atoms with Crippen molar-refractivity contribution in [1.82, 2.24) is 0 Å². The molecule has 1 aromatic carbocycles. The summed E-state index contributed by atoms with van der Waals surface area (Å²) in [6.07, 6.45) is -4.51. The third-order valence-corrected chi connectivity index (χ3v) is 2.31. The number of carboxylic acids is 1. The molecule has 3 N–H and O–H groups in total. The maximum Gasteiger partial charge on any atom is 0.340 e. The maximum absolute atomic E-state index is 13.3. The van der Waals surface area contributed by atoms with E-state index in [1.165, 1.54) is 0 Å². The van der Waals surface area contributed by atoms with Crippen molar-refractivity contribution in [2.45, 2.75) is 18.6 Å². The van der Waals surface area contributed by atoms with Gasteiger partial charge in [-0.3, -0.25) is 14.9 Å². The van der Waals surface area contributed by atoms with Crippen molar-refractivity contribution in [3.63, 3.8) is 0 Å². The standard InChI is InChI=1S/C10H9F2NO6/c11-5-1-4(2-6(12)9(5)13(18)19)10(17)7(14)3-8(15)16/h1-2,7,10,14,17H,3H2,(H,15,16). The third kappa shape index (κ3) is 3.42. The van der Waals surface area contributed by atoms with Gasteiger partial charge in [0.2, 0.25) is 11.6 Å². The zero-order chi connectivity index (χ0) is 14.7. The number of benzene rings is 1. The van der Waals surface area contributed by atoms with Gasteiger partial charge in [-0.25, -0.2) is 0 Å². The Morgan fingerprint density at radius 2 is 1.79 bits per heavy atom. The van der Waals surface area contributed by atoms with Crippen LogP contribution >= 0.6 is 0 Å². The number of rotatable bonds is 5. The van der Waals surface area contributed by atoms with Crippen molar-refractivity contribution in [3.8, 4) is 0 Å². The summed E-state index contributed by atoms with van der Waals surface area (Å²) < 4.78 is 26.5. The highest BCUT2D eigenvalue weighted by atomic mass is 19.1. The molecule has 0 bridgehead atoms. The van der Waals surface area contributed by atoms with Crippen LogP contribution in [0.2, 0.25) is 0 Å². The first kappa shape index (κ1) is 14.9. The largest absolute Gasteiger partial charge is 0.481 e. The van der Waals surface area contributed by atoms with Gasteiger partial charge in [-0.1, -0.05) is 0 Å². The SMILES string of the molecule is O=C(O)CC(O)C(O)c1cc(F)c([N+](=O)[O-])c(F)c1. The van der Waals surface area contributed by atoms with Crippen molar-refractivity contribution in [1.29, 1.82) is 0 Å². The Morgan fingerprint density at radius 1 is 1.32 bits per heavy atom. The molecule has 0 amide bonds. The number of aliphatic hydroxyl groups excluding tert-OH is 2. The van der Waals surface area contributed by atoms with E-state index >= 15 is 0 Å². The van der Waals surface area contributed by atoms with E-state index in [1.807, 2.05) is 0 Å². The molecular formula is C10H9F2NO6. The average Bonchev–Trinajstić information content (AvgIpc) is 2.25. The first-order valence-electron chi connectivity index (χ1n) is 4.95. The van der Waals surface area contributed by atoms with Crippen LogP contribution in [0.25, 0.3) is 0 Å². The molecule has 2 unspecified atom stereocenters. The van der Waals surface area contributed by atoms with Crippen LogP contribution in [0.3, 0.4) is 0 Å². The smallest absolute Gasteiger partial charge is 0.340 e. The van der Waals surface area contributed by atoms with Crippen LogP contribution in [0, 0.1) is 21.7 Å². The Kier molecular flexibility index (Phi) is 4.46. The van der Waals surface area contributed by atoms with Gasteiger partial charge in [0.05, 0.1) is 17.4 Å². The van der Waals surface area contributed by atoms with Crippen LogP contribution in [0.5, 0.6) is 0 Å². The second-order valence-corrected chi connectivity index (χ2v) is 3.70. The Balaban J connectivity index is 3.09. The molecule has 0 heterocycles. The van der Waals surface area contributed by atoms with E-state index in [1.54, 1.807) is 0 Å². The van der Waals surface area contributed by atoms with Crippen molar-refractivity contribution in [2.75, 3.05) is 0 Å². The number of carbonyl (C=O) groups is 1. The highest BCUT2D eigenvalue weighted by molar-refractivity contribution is 5.67. The Morgan fingerprint density at radius 3 is 2.16 bits per heavy atom. The van der Waals surface area contributed by atoms with Gasteiger partial charge >= 0.3 is 11.7 Å². The number of aliphatic hydroxyl groups is 2. The minimum absolute atomic E-state index is 0.469. The van der Waals surface area contributed by atoms with Crippen molar-refractivity contribution < 1.29 is 33.8 Å². The second-order valence-electron chi connectivity index (χ2n) is 3.70. The Labute approximate surface area is 104 Å². The summed E-state index contributed by atoms with van der Waals surface area (Å²) >= 11 is 0. The second kappa shape index (κ2) is 5.67. The number of nitro groups is 1. The first-order chi connectivity index (χ1) is 8.73. The first-order valence-corrected chi connectivity index (χ1v) is 4.95. The number of hydrogen-bond acceptors (Lipinski definition) is 5. The van der Waals surface area contributed by atoms with Crippen LogP contribution in [-0.4, -0.2) is 32.3 Å². The molecule has 0 radical (unpaired) electrons. The highest BCUT2D eigenvalue weighted by Gasteiger charge is 2.27. The van der Waals surface area contributed by atoms with Gasteiger partial charge in [0.25, 0.3) is 0 Å². The van der Waals surface area contributed by atoms with Crippen LogP contribution < -0.4 is 0 Å². The number of carboxylic acid groups (broad SMARTS) is 1. The number of nitrogens with zero attached hydrogens (tertiary/aromatic N) is 1. The highest BCUT2D eigenvalue weighted by Crippen LogP contribution is 2.27. The van der Waals surface area contributed by atoms with E-state index < -0.39 is 52.4 Å². The zero-order valence-corrected chi connectivity index (χ0v) is 9.29. The molecule has 1 rings (SSSR count). The van der Waals surface area contributed by atoms with E-state index in [-0.39, 0.29) is 0 Å². The van der Waals surface area contributed by atoms with Gasteiger partial charge in [-0.2, -0.15) is 8.78 Å². The average molecular weight is 277 g/mol. The zero-order valence-electron chi connectivity index (χ0n) is 9.29. The summed E-state index contributed by atoms with van der Waals surface area (Å²) in [6, 6.07) is 0.938. The predicted molar refractivity (Wildman–Crippen MR) is 56.2 cm³/mol. The predicted octanol–water partition coefficient (Wildman–Crippen LogP) is 0.742. The molecule has 7 nitrogen and oxygen atoms in total. The van der Waals surface area contributed by atoms with Gasteiger partial charge < -0.3 is 15.3 Å². The molecular weight excluding hydrogens is 268 g/mol. The van der Waals surface area contributed by atoms with Gasteiger partial charge in [0.1, 0.15) is 6.10 Å². The van der Waals surface area contributed by atoms with E-state index in [2.05, 4.69) is 0 Å². The minimum atomic E-state index is -1.87. The number of halogens is 2. The fraction of sp³-hybridized carbons (Fsp3) is 0.300. The normalized spacial score (nSPS) is 13.9. The lowest BCUT2D eigenvalue weighted by atomic mass is 10.0. The maximum atomic E-state index is 13.3. The van der Waals surface area contributed by atoms with Crippen molar-refractivity contribution in [3.05, 3.63) is 39.4 Å². The summed E-state index contributed by atoms with van der Waals surface area (Å²) in [6.45, 7) is 0. The molecule has 0 saturated carbocycles. The molecule has 104 valence electrons. The molecule has 2 atom stereocenters. The summed E-state index contributed by atoms with van der Waals surface area (Å²) in [7, 11) is 0. The minimum Gasteiger partial charge on any atom is -0.481 e. The molecule has 0 aliphatic carbocycles. The summed E-state index contributed by atoms with van der Waals surface area (Å²) in [5.41, 5.74) is -1.88. The lowest BCUT2D eigenvalue weighted by Crippen LogP contribution is -2.22. The molecule has 9 heteroatoms.